The Morgan fingerprint density at radius 2 is 2.23 bits per heavy atom. The molecule has 1 nitrogen and oxygen atoms in total. The first-order valence-corrected chi connectivity index (χ1v) is 5.88. The normalized spacial score (nSPS) is 28.9. The van der Waals surface area contributed by atoms with Crippen LogP contribution in [0, 0.1) is 12.3 Å². The van der Waals surface area contributed by atoms with Gasteiger partial charge in [0.2, 0.25) is 0 Å². The highest BCUT2D eigenvalue weighted by Crippen LogP contribution is 2.60. The lowest BCUT2D eigenvalue weighted by molar-refractivity contribution is 0.357. The van der Waals surface area contributed by atoms with Crippen LogP contribution in [-0.4, -0.2) is 0 Å². The SMILES string of the molecule is Cc1cc2c(s1)CCC1(CC1)C2N. The lowest BCUT2D eigenvalue weighted by Gasteiger charge is -2.28. The molecule has 13 heavy (non-hydrogen) atoms. The van der Waals surface area contributed by atoms with Gasteiger partial charge in [0.1, 0.15) is 0 Å². The third kappa shape index (κ3) is 1.02. The number of nitrogens with two attached hydrogens (primary N) is 1. The van der Waals surface area contributed by atoms with Crippen molar-refractivity contribution in [3.05, 3.63) is 21.4 Å². The first-order chi connectivity index (χ1) is 6.21. The van der Waals surface area contributed by atoms with Gasteiger partial charge in [0.15, 0.2) is 0 Å². The molecule has 0 radical (unpaired) electrons. The second kappa shape index (κ2) is 2.37. The second-order valence-corrected chi connectivity index (χ2v) is 5.92. The maximum atomic E-state index is 6.31. The van der Waals surface area contributed by atoms with E-state index >= 15 is 0 Å². The lowest BCUT2D eigenvalue weighted by Crippen LogP contribution is -2.27. The molecule has 0 amide bonds. The van der Waals surface area contributed by atoms with Gasteiger partial charge in [0, 0.05) is 15.8 Å². The predicted molar refractivity (Wildman–Crippen MR) is 56.0 cm³/mol. The van der Waals surface area contributed by atoms with E-state index in [2.05, 4.69) is 13.0 Å². The summed E-state index contributed by atoms with van der Waals surface area (Å²) in [7, 11) is 0. The van der Waals surface area contributed by atoms with Crippen LogP contribution in [0.2, 0.25) is 0 Å². The van der Waals surface area contributed by atoms with Gasteiger partial charge >= 0.3 is 0 Å². The van der Waals surface area contributed by atoms with Gasteiger partial charge in [-0.3, -0.25) is 0 Å². The molecule has 2 aliphatic rings. The minimum absolute atomic E-state index is 0.348. The van der Waals surface area contributed by atoms with Crippen molar-refractivity contribution in [1.29, 1.82) is 0 Å². The molecule has 1 unspecified atom stereocenters. The van der Waals surface area contributed by atoms with Crippen LogP contribution in [0.25, 0.3) is 0 Å². The topological polar surface area (TPSA) is 26.0 Å². The molecule has 2 N–H and O–H groups in total. The van der Waals surface area contributed by atoms with Crippen molar-refractivity contribution in [1.82, 2.24) is 0 Å². The van der Waals surface area contributed by atoms with Gasteiger partial charge in [-0.05, 0) is 49.7 Å². The summed E-state index contributed by atoms with van der Waals surface area (Å²) >= 11 is 1.94. The molecule has 70 valence electrons. The van der Waals surface area contributed by atoms with Gasteiger partial charge < -0.3 is 5.73 Å². The summed E-state index contributed by atoms with van der Waals surface area (Å²) in [4.78, 5) is 2.99. The highest BCUT2D eigenvalue weighted by Gasteiger charge is 2.50. The van der Waals surface area contributed by atoms with E-state index in [4.69, 9.17) is 5.73 Å². The minimum atomic E-state index is 0.348. The molecule has 2 aliphatic carbocycles. The van der Waals surface area contributed by atoms with Crippen molar-refractivity contribution in [2.24, 2.45) is 11.1 Å². The molecule has 1 atom stereocenters. The Hall–Kier alpha value is -0.340. The summed E-state index contributed by atoms with van der Waals surface area (Å²) in [5, 5.41) is 0. The lowest BCUT2D eigenvalue weighted by atomic mass is 9.81. The Labute approximate surface area is 83.0 Å². The Balaban J connectivity index is 2.07. The van der Waals surface area contributed by atoms with Crippen LogP contribution in [0.3, 0.4) is 0 Å². The van der Waals surface area contributed by atoms with Gasteiger partial charge in [0.05, 0.1) is 0 Å². The van der Waals surface area contributed by atoms with E-state index in [0.29, 0.717) is 11.5 Å². The molecule has 0 bridgehead atoms. The van der Waals surface area contributed by atoms with Crippen molar-refractivity contribution in [3.8, 4) is 0 Å². The average molecular weight is 193 g/mol. The molecule has 1 aromatic rings. The molecular weight excluding hydrogens is 178 g/mol. The standard InChI is InChI=1S/C11H15NS/c1-7-6-8-9(13-7)2-3-11(4-5-11)10(8)12/h6,10H,2-5,12H2,1H3. The summed E-state index contributed by atoms with van der Waals surface area (Å²) in [6.07, 6.45) is 5.34. The maximum absolute atomic E-state index is 6.31. The summed E-state index contributed by atoms with van der Waals surface area (Å²) in [5.74, 6) is 0. The van der Waals surface area contributed by atoms with Crippen molar-refractivity contribution in [2.75, 3.05) is 0 Å². The third-order valence-electron chi connectivity index (χ3n) is 3.70. The van der Waals surface area contributed by atoms with E-state index in [1.165, 1.54) is 36.1 Å². The predicted octanol–water partition coefficient (Wildman–Crippen LogP) is 2.78. The van der Waals surface area contributed by atoms with Gasteiger partial charge in [-0.2, -0.15) is 0 Å². The van der Waals surface area contributed by atoms with Gasteiger partial charge in [-0.25, -0.2) is 0 Å². The summed E-state index contributed by atoms with van der Waals surface area (Å²) in [6, 6.07) is 2.66. The highest BCUT2D eigenvalue weighted by atomic mass is 32.1. The first kappa shape index (κ1) is 8.01. The Morgan fingerprint density at radius 3 is 2.92 bits per heavy atom. The first-order valence-electron chi connectivity index (χ1n) is 5.06. The third-order valence-corrected chi connectivity index (χ3v) is 4.83. The molecule has 1 fully saturated rings. The molecule has 0 saturated heterocycles. The van der Waals surface area contributed by atoms with Crippen LogP contribution in [0.4, 0.5) is 0 Å². The second-order valence-electron chi connectivity index (χ2n) is 4.58. The van der Waals surface area contributed by atoms with Crippen LogP contribution in [0.1, 0.15) is 40.6 Å². The zero-order chi connectivity index (χ0) is 9.05. The number of aryl methyl sites for hydroxylation is 2. The van der Waals surface area contributed by atoms with Crippen LogP contribution < -0.4 is 5.73 Å². The summed E-state index contributed by atoms with van der Waals surface area (Å²) < 4.78 is 0. The maximum Gasteiger partial charge on any atom is 0.0363 e. The van der Waals surface area contributed by atoms with Crippen LogP contribution in [-0.2, 0) is 6.42 Å². The average Bonchev–Trinajstić information content (AvgIpc) is 2.78. The van der Waals surface area contributed by atoms with E-state index in [9.17, 15) is 0 Å². The van der Waals surface area contributed by atoms with Crippen LogP contribution in [0.5, 0.6) is 0 Å². The zero-order valence-electron chi connectivity index (χ0n) is 7.97. The highest BCUT2D eigenvalue weighted by molar-refractivity contribution is 7.12. The molecule has 1 saturated carbocycles. The summed E-state index contributed by atoms with van der Waals surface area (Å²) in [5.41, 5.74) is 8.30. The Kier molecular flexibility index (Phi) is 1.46. The minimum Gasteiger partial charge on any atom is -0.323 e. The molecule has 1 heterocycles. The molecule has 2 heteroatoms. The summed E-state index contributed by atoms with van der Waals surface area (Å²) in [6.45, 7) is 2.19. The molecular formula is C11H15NS. The molecule has 0 aromatic carbocycles. The van der Waals surface area contributed by atoms with Crippen LogP contribution >= 0.6 is 11.3 Å². The van der Waals surface area contributed by atoms with Crippen molar-refractivity contribution >= 4 is 11.3 Å². The van der Waals surface area contributed by atoms with Crippen molar-refractivity contribution < 1.29 is 0 Å². The fraction of sp³-hybridized carbons (Fsp3) is 0.636. The van der Waals surface area contributed by atoms with E-state index in [-0.39, 0.29) is 0 Å². The number of hydrogen-bond acceptors (Lipinski definition) is 2. The monoisotopic (exact) mass is 193 g/mol. The van der Waals surface area contributed by atoms with E-state index in [0.717, 1.165) is 0 Å². The molecule has 1 spiro atoms. The molecule has 1 aromatic heterocycles. The number of thiophene rings is 1. The molecule has 3 rings (SSSR count). The van der Waals surface area contributed by atoms with E-state index in [1.807, 2.05) is 11.3 Å². The number of hydrogen-bond donors (Lipinski definition) is 1. The van der Waals surface area contributed by atoms with Gasteiger partial charge in [-0.15, -0.1) is 11.3 Å². The number of fused-ring (bicyclic) bond motifs is 1. The Morgan fingerprint density at radius 1 is 1.46 bits per heavy atom. The van der Waals surface area contributed by atoms with Gasteiger partial charge in [-0.1, -0.05) is 0 Å². The van der Waals surface area contributed by atoms with Crippen molar-refractivity contribution in [3.63, 3.8) is 0 Å². The van der Waals surface area contributed by atoms with Crippen molar-refractivity contribution in [2.45, 2.75) is 38.6 Å². The number of rotatable bonds is 0. The van der Waals surface area contributed by atoms with Crippen LogP contribution in [0.15, 0.2) is 6.07 Å². The van der Waals surface area contributed by atoms with E-state index in [1.54, 1.807) is 4.88 Å². The molecule has 0 aliphatic heterocycles. The smallest absolute Gasteiger partial charge is 0.0363 e. The Bertz CT molecular complexity index is 349. The van der Waals surface area contributed by atoms with E-state index < -0.39 is 0 Å². The fourth-order valence-corrected chi connectivity index (χ4v) is 3.69. The largest absolute Gasteiger partial charge is 0.323 e. The zero-order valence-corrected chi connectivity index (χ0v) is 8.79. The van der Waals surface area contributed by atoms with Gasteiger partial charge in [0.25, 0.3) is 0 Å². The quantitative estimate of drug-likeness (QED) is 0.673. The fourth-order valence-electron chi connectivity index (χ4n) is 2.61.